The molecule has 2 rings (SSSR count). The van der Waals surface area contributed by atoms with Crippen LogP contribution in [0.2, 0.25) is 0 Å². The van der Waals surface area contributed by atoms with Crippen LogP contribution in [0.1, 0.15) is 29.3 Å². The summed E-state index contributed by atoms with van der Waals surface area (Å²) in [6.07, 6.45) is 3.37. The van der Waals surface area contributed by atoms with Gasteiger partial charge in [0.25, 0.3) is 0 Å². The van der Waals surface area contributed by atoms with Gasteiger partial charge in [0, 0.05) is 10.9 Å². The third-order valence-corrected chi connectivity index (χ3v) is 3.84. The quantitative estimate of drug-likeness (QED) is 0.606. The molecular weight excluding hydrogens is 228 g/mol. The van der Waals surface area contributed by atoms with Crippen LogP contribution in [0.4, 0.5) is 0 Å². The minimum Gasteiger partial charge on any atom is -0.271 e. The molecule has 90 valence electrons. The molecule has 0 spiro atoms. The predicted octanol–water partition coefficient (Wildman–Crippen LogP) is 3.28. The number of hydrogen-bond donors (Lipinski definition) is 2. The summed E-state index contributed by atoms with van der Waals surface area (Å²) < 4.78 is 0. The first-order valence-corrected chi connectivity index (χ1v) is 6.81. The summed E-state index contributed by atoms with van der Waals surface area (Å²) in [5.41, 5.74) is 4.17. The maximum absolute atomic E-state index is 5.62. The van der Waals surface area contributed by atoms with E-state index in [1.54, 1.807) is 0 Å². The van der Waals surface area contributed by atoms with Crippen molar-refractivity contribution in [2.45, 2.75) is 25.3 Å². The molecule has 0 aliphatic rings. The summed E-state index contributed by atoms with van der Waals surface area (Å²) in [6, 6.07) is 14.9. The van der Waals surface area contributed by atoms with Crippen LogP contribution >= 0.6 is 11.3 Å². The molecule has 0 aliphatic heterocycles. The molecule has 1 unspecified atom stereocenters. The standard InChI is InChI=1S/C14H18N2S/c15-16-14(12-6-2-1-3-7-12)10-4-8-13-9-5-11-17-13/h1-3,5-7,9,11,14,16H,4,8,10,15H2. The second kappa shape index (κ2) is 6.55. The number of nitrogens with one attached hydrogen (secondary N) is 1. The summed E-state index contributed by atoms with van der Waals surface area (Å²) in [6.45, 7) is 0. The van der Waals surface area contributed by atoms with Crippen molar-refractivity contribution < 1.29 is 0 Å². The van der Waals surface area contributed by atoms with Crippen LogP contribution in [0.3, 0.4) is 0 Å². The Bertz CT molecular complexity index is 411. The molecular formula is C14H18N2S. The highest BCUT2D eigenvalue weighted by molar-refractivity contribution is 7.09. The van der Waals surface area contributed by atoms with E-state index in [4.69, 9.17) is 5.84 Å². The Hall–Kier alpha value is -1.16. The monoisotopic (exact) mass is 246 g/mol. The molecule has 0 saturated heterocycles. The highest BCUT2D eigenvalue weighted by Gasteiger charge is 2.08. The predicted molar refractivity (Wildman–Crippen MR) is 73.8 cm³/mol. The van der Waals surface area contributed by atoms with E-state index in [2.05, 4.69) is 47.2 Å². The average Bonchev–Trinajstić information content (AvgIpc) is 2.89. The molecule has 1 heterocycles. The van der Waals surface area contributed by atoms with Crippen LogP contribution in [0.25, 0.3) is 0 Å². The molecule has 0 amide bonds. The van der Waals surface area contributed by atoms with Crippen molar-refractivity contribution in [1.29, 1.82) is 0 Å². The van der Waals surface area contributed by atoms with Crippen LogP contribution in [0.15, 0.2) is 47.8 Å². The van der Waals surface area contributed by atoms with Gasteiger partial charge >= 0.3 is 0 Å². The van der Waals surface area contributed by atoms with E-state index in [9.17, 15) is 0 Å². The number of benzene rings is 1. The molecule has 0 bridgehead atoms. The van der Waals surface area contributed by atoms with Gasteiger partial charge in [-0.1, -0.05) is 36.4 Å². The van der Waals surface area contributed by atoms with Gasteiger partial charge < -0.3 is 0 Å². The Morgan fingerprint density at radius 1 is 1.12 bits per heavy atom. The zero-order valence-electron chi connectivity index (χ0n) is 9.80. The van der Waals surface area contributed by atoms with Crippen LogP contribution in [0.5, 0.6) is 0 Å². The lowest BCUT2D eigenvalue weighted by Crippen LogP contribution is -2.28. The summed E-state index contributed by atoms with van der Waals surface area (Å²) in [7, 11) is 0. The highest BCUT2D eigenvalue weighted by atomic mass is 32.1. The number of rotatable bonds is 6. The van der Waals surface area contributed by atoms with E-state index in [-0.39, 0.29) is 6.04 Å². The van der Waals surface area contributed by atoms with Crippen LogP contribution in [0, 0.1) is 0 Å². The topological polar surface area (TPSA) is 38.0 Å². The molecule has 0 fully saturated rings. The number of hydrogen-bond acceptors (Lipinski definition) is 3. The Morgan fingerprint density at radius 2 is 1.94 bits per heavy atom. The molecule has 0 saturated carbocycles. The maximum atomic E-state index is 5.62. The molecule has 1 atom stereocenters. The van der Waals surface area contributed by atoms with E-state index >= 15 is 0 Å². The van der Waals surface area contributed by atoms with Crippen molar-refractivity contribution in [2.75, 3.05) is 0 Å². The van der Waals surface area contributed by atoms with Gasteiger partial charge in [-0.05, 0) is 36.3 Å². The minimum absolute atomic E-state index is 0.260. The van der Waals surface area contributed by atoms with Gasteiger partial charge in [-0.25, -0.2) is 0 Å². The van der Waals surface area contributed by atoms with Gasteiger partial charge in [0.2, 0.25) is 0 Å². The second-order valence-corrected chi connectivity index (χ2v) is 5.13. The van der Waals surface area contributed by atoms with Crippen LogP contribution in [-0.4, -0.2) is 0 Å². The molecule has 0 aliphatic carbocycles. The highest BCUT2D eigenvalue weighted by Crippen LogP contribution is 2.20. The number of hydrazine groups is 1. The van der Waals surface area contributed by atoms with Gasteiger partial charge in [-0.2, -0.15) is 0 Å². The van der Waals surface area contributed by atoms with Crippen molar-refractivity contribution in [3.8, 4) is 0 Å². The lowest BCUT2D eigenvalue weighted by Gasteiger charge is -2.15. The summed E-state index contributed by atoms with van der Waals surface area (Å²) >= 11 is 1.83. The van der Waals surface area contributed by atoms with E-state index in [0.717, 1.165) is 19.3 Å². The molecule has 0 radical (unpaired) electrons. The van der Waals surface area contributed by atoms with Crippen molar-refractivity contribution in [2.24, 2.45) is 5.84 Å². The minimum atomic E-state index is 0.260. The van der Waals surface area contributed by atoms with Crippen molar-refractivity contribution in [3.05, 3.63) is 58.3 Å². The van der Waals surface area contributed by atoms with E-state index in [1.165, 1.54) is 10.4 Å². The summed E-state index contributed by atoms with van der Waals surface area (Å²) in [5.74, 6) is 5.62. The molecule has 2 aromatic rings. The number of thiophene rings is 1. The van der Waals surface area contributed by atoms with Crippen LogP contribution < -0.4 is 11.3 Å². The average molecular weight is 246 g/mol. The zero-order valence-corrected chi connectivity index (χ0v) is 10.6. The molecule has 1 aromatic carbocycles. The first kappa shape index (κ1) is 12.3. The van der Waals surface area contributed by atoms with Crippen molar-refractivity contribution in [3.63, 3.8) is 0 Å². The molecule has 17 heavy (non-hydrogen) atoms. The second-order valence-electron chi connectivity index (χ2n) is 4.10. The SMILES string of the molecule is NNC(CCCc1cccs1)c1ccccc1. The largest absolute Gasteiger partial charge is 0.271 e. The fraction of sp³-hybridized carbons (Fsp3) is 0.286. The van der Waals surface area contributed by atoms with Gasteiger partial charge in [-0.3, -0.25) is 11.3 Å². The van der Waals surface area contributed by atoms with E-state index in [1.807, 2.05) is 17.4 Å². The van der Waals surface area contributed by atoms with Crippen molar-refractivity contribution in [1.82, 2.24) is 5.43 Å². The first-order valence-electron chi connectivity index (χ1n) is 5.93. The molecule has 3 N–H and O–H groups in total. The van der Waals surface area contributed by atoms with Gasteiger partial charge in [0.15, 0.2) is 0 Å². The van der Waals surface area contributed by atoms with Crippen molar-refractivity contribution >= 4 is 11.3 Å². The lowest BCUT2D eigenvalue weighted by molar-refractivity contribution is 0.499. The fourth-order valence-corrected chi connectivity index (χ4v) is 2.72. The Labute approximate surface area is 106 Å². The molecule has 3 heteroatoms. The van der Waals surface area contributed by atoms with E-state index in [0.29, 0.717) is 0 Å². The fourth-order valence-electron chi connectivity index (χ4n) is 1.97. The Kier molecular flexibility index (Phi) is 4.74. The third kappa shape index (κ3) is 3.66. The number of aryl methyl sites for hydroxylation is 1. The van der Waals surface area contributed by atoms with E-state index < -0.39 is 0 Å². The molecule has 1 aromatic heterocycles. The van der Waals surface area contributed by atoms with Gasteiger partial charge in [0.1, 0.15) is 0 Å². The summed E-state index contributed by atoms with van der Waals surface area (Å²) in [5, 5.41) is 2.13. The third-order valence-electron chi connectivity index (χ3n) is 2.90. The van der Waals surface area contributed by atoms with Gasteiger partial charge in [-0.15, -0.1) is 11.3 Å². The Morgan fingerprint density at radius 3 is 2.59 bits per heavy atom. The smallest absolute Gasteiger partial charge is 0.0460 e. The zero-order chi connectivity index (χ0) is 11.9. The van der Waals surface area contributed by atoms with Gasteiger partial charge in [0.05, 0.1) is 0 Å². The lowest BCUT2D eigenvalue weighted by atomic mass is 10.0. The summed E-state index contributed by atoms with van der Waals surface area (Å²) in [4.78, 5) is 1.45. The Balaban J connectivity index is 1.84. The van der Waals surface area contributed by atoms with Crippen LogP contribution in [-0.2, 0) is 6.42 Å². The maximum Gasteiger partial charge on any atom is 0.0460 e. The molecule has 2 nitrogen and oxygen atoms in total. The normalized spacial score (nSPS) is 12.5. The first-order chi connectivity index (χ1) is 8.40. The number of nitrogens with two attached hydrogens (primary N) is 1.